The van der Waals surface area contributed by atoms with Crippen molar-refractivity contribution >= 4 is 23.2 Å². The Morgan fingerprint density at radius 2 is 1.65 bits per heavy atom. The van der Waals surface area contributed by atoms with Gasteiger partial charge in [0.25, 0.3) is 0 Å². The van der Waals surface area contributed by atoms with Gasteiger partial charge in [-0.3, -0.25) is 9.59 Å². The van der Waals surface area contributed by atoms with E-state index in [1.807, 2.05) is 0 Å². The van der Waals surface area contributed by atoms with Gasteiger partial charge in [-0.05, 0) is 35.9 Å². The van der Waals surface area contributed by atoms with Gasteiger partial charge in [0.2, 0.25) is 5.91 Å². The summed E-state index contributed by atoms with van der Waals surface area (Å²) in [6.07, 6.45) is -5.40. The van der Waals surface area contributed by atoms with Crippen LogP contribution in [0.4, 0.5) is 27.6 Å². The molecule has 0 atom stereocenters. The van der Waals surface area contributed by atoms with E-state index in [-0.39, 0.29) is 24.6 Å². The standard InChI is InChI=1S/C22H20F5N3O4/c1-33-17-9-5-14(11-18(17)34-2)16-8-10-19(31)30(29-16)12-13-3-6-15(7-4-13)28-20(32)21(23,24)22(25,26)27/h3-7,9,11H,8,10,12H2,1-2H3,(H,28,32). The fourth-order valence-electron chi connectivity index (χ4n) is 3.15. The molecule has 0 bridgehead atoms. The van der Waals surface area contributed by atoms with E-state index in [1.165, 1.54) is 36.7 Å². The van der Waals surface area contributed by atoms with Crippen LogP contribution in [0.2, 0.25) is 0 Å². The van der Waals surface area contributed by atoms with Crippen LogP contribution in [0.25, 0.3) is 0 Å². The molecule has 0 saturated heterocycles. The molecule has 0 fully saturated rings. The van der Waals surface area contributed by atoms with Crippen LogP contribution in [0.15, 0.2) is 47.6 Å². The lowest BCUT2D eigenvalue weighted by molar-refractivity contribution is -0.267. The number of hydrogen-bond acceptors (Lipinski definition) is 5. The summed E-state index contributed by atoms with van der Waals surface area (Å²) < 4.78 is 73.6. The molecule has 1 aliphatic rings. The Morgan fingerprint density at radius 1 is 1.00 bits per heavy atom. The van der Waals surface area contributed by atoms with Crippen molar-refractivity contribution < 1.29 is 41.0 Å². The number of alkyl halides is 5. The zero-order valence-corrected chi connectivity index (χ0v) is 18.1. The minimum absolute atomic E-state index is 0.0303. The van der Waals surface area contributed by atoms with Crippen molar-refractivity contribution in [2.75, 3.05) is 19.5 Å². The van der Waals surface area contributed by atoms with Crippen LogP contribution in [-0.4, -0.2) is 48.9 Å². The predicted octanol–water partition coefficient (Wildman–Crippen LogP) is 4.37. The van der Waals surface area contributed by atoms with Crippen LogP contribution in [-0.2, 0) is 16.1 Å². The zero-order chi connectivity index (χ0) is 25.1. The summed E-state index contributed by atoms with van der Waals surface area (Å²) in [6, 6.07) is 10.3. The molecule has 0 aromatic heterocycles. The quantitative estimate of drug-likeness (QED) is 0.591. The van der Waals surface area contributed by atoms with Crippen LogP contribution in [0, 0.1) is 0 Å². The summed E-state index contributed by atoms with van der Waals surface area (Å²) in [5, 5.41) is 7.17. The van der Waals surface area contributed by atoms with E-state index in [9.17, 15) is 31.5 Å². The number of methoxy groups -OCH3 is 2. The lowest BCUT2D eigenvalue weighted by Crippen LogP contribution is -2.47. The normalized spacial score (nSPS) is 14.5. The highest BCUT2D eigenvalue weighted by Crippen LogP contribution is 2.36. The van der Waals surface area contributed by atoms with Crippen molar-refractivity contribution in [3.8, 4) is 11.5 Å². The Hall–Kier alpha value is -3.70. The van der Waals surface area contributed by atoms with Gasteiger partial charge in [-0.25, -0.2) is 5.01 Å². The first-order chi connectivity index (χ1) is 16.0. The first-order valence-electron chi connectivity index (χ1n) is 9.91. The Kier molecular flexibility index (Phi) is 7.08. The maximum absolute atomic E-state index is 13.1. The van der Waals surface area contributed by atoms with Crippen LogP contribution >= 0.6 is 0 Å². The van der Waals surface area contributed by atoms with E-state index >= 15 is 0 Å². The average molecular weight is 485 g/mol. The Morgan fingerprint density at radius 3 is 2.24 bits per heavy atom. The second-order valence-corrected chi connectivity index (χ2v) is 7.29. The van der Waals surface area contributed by atoms with Crippen LogP contribution in [0.3, 0.4) is 0 Å². The summed E-state index contributed by atoms with van der Waals surface area (Å²) in [5.74, 6) is -7.22. The molecule has 0 radical (unpaired) electrons. The molecule has 1 heterocycles. The summed E-state index contributed by atoms with van der Waals surface area (Å²) in [7, 11) is 3.01. The van der Waals surface area contributed by atoms with Crippen molar-refractivity contribution in [3.63, 3.8) is 0 Å². The van der Waals surface area contributed by atoms with Gasteiger partial charge in [0.05, 0.1) is 26.5 Å². The molecular weight excluding hydrogens is 465 g/mol. The monoisotopic (exact) mass is 485 g/mol. The second-order valence-electron chi connectivity index (χ2n) is 7.29. The number of benzene rings is 2. The Bertz CT molecular complexity index is 1100. The minimum atomic E-state index is -6.00. The van der Waals surface area contributed by atoms with Gasteiger partial charge in [0, 0.05) is 24.1 Å². The second kappa shape index (κ2) is 9.65. The van der Waals surface area contributed by atoms with Gasteiger partial charge < -0.3 is 14.8 Å². The highest BCUT2D eigenvalue weighted by atomic mass is 19.4. The third-order valence-corrected chi connectivity index (χ3v) is 5.01. The molecular formula is C22H20F5N3O4. The van der Waals surface area contributed by atoms with E-state index in [0.717, 1.165) is 17.7 Å². The van der Waals surface area contributed by atoms with E-state index < -0.39 is 18.0 Å². The topological polar surface area (TPSA) is 80.2 Å². The molecule has 0 unspecified atom stereocenters. The number of amides is 2. The molecule has 2 aromatic carbocycles. The Labute approximate surface area is 191 Å². The number of rotatable bonds is 7. The highest BCUT2D eigenvalue weighted by molar-refractivity contribution is 6.04. The lowest BCUT2D eigenvalue weighted by atomic mass is 10.0. The van der Waals surface area contributed by atoms with Gasteiger partial charge in [-0.15, -0.1) is 0 Å². The maximum Gasteiger partial charge on any atom is 0.463 e. The van der Waals surface area contributed by atoms with Gasteiger partial charge in [-0.2, -0.15) is 27.1 Å². The molecule has 2 amide bonds. The number of halogens is 5. The number of carbonyl (C=O) groups is 2. The van der Waals surface area contributed by atoms with E-state index in [1.54, 1.807) is 18.2 Å². The van der Waals surface area contributed by atoms with E-state index in [2.05, 4.69) is 5.10 Å². The lowest BCUT2D eigenvalue weighted by Gasteiger charge is -2.24. The predicted molar refractivity (Wildman–Crippen MR) is 112 cm³/mol. The first-order valence-corrected chi connectivity index (χ1v) is 9.91. The molecule has 2 aromatic rings. The van der Waals surface area contributed by atoms with Crippen LogP contribution in [0.1, 0.15) is 24.0 Å². The molecule has 34 heavy (non-hydrogen) atoms. The molecule has 12 heteroatoms. The van der Waals surface area contributed by atoms with Crippen LogP contribution in [0.5, 0.6) is 11.5 Å². The largest absolute Gasteiger partial charge is 0.493 e. The average Bonchev–Trinajstić information content (AvgIpc) is 2.80. The van der Waals surface area contributed by atoms with Crippen molar-refractivity contribution in [2.24, 2.45) is 5.10 Å². The summed E-state index contributed by atoms with van der Waals surface area (Å²) in [6.45, 7) is 0.0303. The number of hydrazone groups is 1. The molecule has 0 aliphatic carbocycles. The summed E-state index contributed by atoms with van der Waals surface area (Å²) in [4.78, 5) is 23.7. The first kappa shape index (κ1) is 24.9. The summed E-state index contributed by atoms with van der Waals surface area (Å²) in [5.41, 5.74) is 1.64. The van der Waals surface area contributed by atoms with Crippen molar-refractivity contribution in [1.82, 2.24) is 5.01 Å². The van der Waals surface area contributed by atoms with Crippen molar-refractivity contribution in [2.45, 2.75) is 31.5 Å². The number of hydrogen-bond donors (Lipinski definition) is 1. The molecule has 1 aliphatic heterocycles. The molecule has 0 spiro atoms. The highest BCUT2D eigenvalue weighted by Gasteiger charge is 2.63. The fraction of sp³-hybridized carbons (Fsp3) is 0.318. The van der Waals surface area contributed by atoms with Crippen LogP contribution < -0.4 is 14.8 Å². The zero-order valence-electron chi connectivity index (χ0n) is 18.1. The number of carbonyl (C=O) groups excluding carboxylic acids is 2. The summed E-state index contributed by atoms with van der Waals surface area (Å²) >= 11 is 0. The fourth-order valence-corrected chi connectivity index (χ4v) is 3.15. The third kappa shape index (κ3) is 5.26. The van der Waals surface area contributed by atoms with Gasteiger partial charge in [0.1, 0.15) is 0 Å². The Balaban J connectivity index is 1.73. The number of nitrogens with one attached hydrogen (secondary N) is 1. The minimum Gasteiger partial charge on any atom is -0.493 e. The van der Waals surface area contributed by atoms with Gasteiger partial charge >= 0.3 is 18.0 Å². The number of nitrogens with zero attached hydrogens (tertiary/aromatic N) is 2. The van der Waals surface area contributed by atoms with Gasteiger partial charge in [0.15, 0.2) is 11.5 Å². The SMILES string of the molecule is COc1ccc(C2=NN(Cc3ccc(NC(=O)C(F)(F)C(F)(F)F)cc3)C(=O)CC2)cc1OC. The van der Waals surface area contributed by atoms with Crippen molar-refractivity contribution in [3.05, 3.63) is 53.6 Å². The number of anilines is 1. The van der Waals surface area contributed by atoms with Crippen molar-refractivity contribution in [1.29, 1.82) is 0 Å². The molecule has 1 N–H and O–H groups in total. The molecule has 0 saturated carbocycles. The molecule has 182 valence electrons. The van der Waals surface area contributed by atoms with E-state index in [0.29, 0.717) is 29.2 Å². The molecule has 3 rings (SSSR count). The van der Waals surface area contributed by atoms with E-state index in [4.69, 9.17) is 9.47 Å². The smallest absolute Gasteiger partial charge is 0.463 e. The van der Waals surface area contributed by atoms with Gasteiger partial charge in [-0.1, -0.05) is 12.1 Å². The molecule has 7 nitrogen and oxygen atoms in total. The maximum atomic E-state index is 13.1. The third-order valence-electron chi connectivity index (χ3n) is 5.01. The number of ether oxygens (including phenoxy) is 2.